The summed E-state index contributed by atoms with van der Waals surface area (Å²) in [6, 6.07) is 21.9. The number of anilines is 1. The monoisotopic (exact) mass is 249 g/mol. The van der Waals surface area contributed by atoms with Crippen LogP contribution < -0.4 is 5.32 Å². The third-order valence-electron chi connectivity index (χ3n) is 3.25. The van der Waals surface area contributed by atoms with Crippen molar-refractivity contribution in [2.24, 2.45) is 0 Å². The molecule has 0 saturated carbocycles. The molecule has 0 heterocycles. The number of hydrogen-bond donors (Lipinski definition) is 2. The molecule has 3 aromatic rings. The van der Waals surface area contributed by atoms with Crippen molar-refractivity contribution in [2.45, 2.75) is 6.54 Å². The van der Waals surface area contributed by atoms with Crippen molar-refractivity contribution in [3.05, 3.63) is 72.3 Å². The lowest BCUT2D eigenvalue weighted by Gasteiger charge is -2.10. The number of rotatable bonds is 3. The molecule has 0 bridgehead atoms. The van der Waals surface area contributed by atoms with Gasteiger partial charge in [0.2, 0.25) is 0 Å². The lowest BCUT2D eigenvalue weighted by molar-refractivity contribution is 0.469. The largest absolute Gasteiger partial charge is 0.508 e. The molecule has 0 fully saturated rings. The second-order valence-corrected chi connectivity index (χ2v) is 4.51. The van der Waals surface area contributed by atoms with E-state index < -0.39 is 0 Å². The fourth-order valence-electron chi connectivity index (χ4n) is 2.23. The highest BCUT2D eigenvalue weighted by molar-refractivity contribution is 5.93. The Hall–Kier alpha value is -2.48. The molecular formula is C17H15NO. The van der Waals surface area contributed by atoms with E-state index in [1.165, 1.54) is 10.8 Å². The molecule has 0 saturated heterocycles. The Kier molecular flexibility index (Phi) is 3.07. The highest BCUT2D eigenvalue weighted by atomic mass is 16.3. The summed E-state index contributed by atoms with van der Waals surface area (Å²) in [5.41, 5.74) is 1.98. The van der Waals surface area contributed by atoms with E-state index in [-0.39, 0.29) is 0 Å². The third-order valence-corrected chi connectivity index (χ3v) is 3.25. The van der Waals surface area contributed by atoms with Crippen LogP contribution in [0.15, 0.2) is 66.7 Å². The third kappa shape index (κ3) is 2.38. The number of aromatic hydroxyl groups is 1. The molecular weight excluding hydrogens is 234 g/mol. The SMILES string of the molecule is Oc1ccccc1CNc1cccc2ccccc12. The Morgan fingerprint density at radius 2 is 1.53 bits per heavy atom. The van der Waals surface area contributed by atoms with E-state index in [2.05, 4.69) is 29.6 Å². The van der Waals surface area contributed by atoms with E-state index in [4.69, 9.17) is 0 Å². The average molecular weight is 249 g/mol. The van der Waals surface area contributed by atoms with Crippen LogP contribution in [-0.4, -0.2) is 5.11 Å². The molecule has 3 rings (SSSR count). The molecule has 0 unspecified atom stereocenters. The van der Waals surface area contributed by atoms with Crippen molar-refractivity contribution in [3.63, 3.8) is 0 Å². The molecule has 0 aliphatic heterocycles. The van der Waals surface area contributed by atoms with Gasteiger partial charge in [-0.15, -0.1) is 0 Å². The van der Waals surface area contributed by atoms with Crippen LogP contribution in [0.3, 0.4) is 0 Å². The first-order chi connectivity index (χ1) is 9.34. The van der Waals surface area contributed by atoms with E-state index in [1.54, 1.807) is 6.07 Å². The van der Waals surface area contributed by atoms with Gasteiger partial charge in [0, 0.05) is 23.2 Å². The quantitative estimate of drug-likeness (QED) is 0.730. The standard InChI is InChI=1S/C17H15NO/c19-17-11-4-2-7-14(17)12-18-16-10-5-8-13-6-1-3-9-15(13)16/h1-11,18-19H,12H2. The van der Waals surface area contributed by atoms with Gasteiger partial charge >= 0.3 is 0 Å². The Labute approximate surface area is 112 Å². The summed E-state index contributed by atoms with van der Waals surface area (Å²) in [7, 11) is 0. The molecule has 2 heteroatoms. The number of nitrogens with one attached hydrogen (secondary N) is 1. The van der Waals surface area contributed by atoms with Crippen molar-refractivity contribution in [3.8, 4) is 5.75 Å². The van der Waals surface area contributed by atoms with E-state index in [9.17, 15) is 5.11 Å². The fourth-order valence-corrected chi connectivity index (χ4v) is 2.23. The van der Waals surface area contributed by atoms with Gasteiger partial charge in [0.15, 0.2) is 0 Å². The molecule has 94 valence electrons. The number of hydrogen-bond acceptors (Lipinski definition) is 2. The first kappa shape index (κ1) is 11.6. The van der Waals surface area contributed by atoms with Crippen LogP contribution in [-0.2, 0) is 6.54 Å². The predicted molar refractivity (Wildman–Crippen MR) is 79.4 cm³/mol. The zero-order chi connectivity index (χ0) is 13.1. The molecule has 3 aromatic carbocycles. The van der Waals surface area contributed by atoms with Gasteiger partial charge in [0.1, 0.15) is 5.75 Å². The lowest BCUT2D eigenvalue weighted by Crippen LogP contribution is -2.00. The summed E-state index contributed by atoms with van der Waals surface area (Å²) < 4.78 is 0. The van der Waals surface area contributed by atoms with Gasteiger partial charge in [-0.05, 0) is 17.5 Å². The maximum atomic E-state index is 9.76. The first-order valence-electron chi connectivity index (χ1n) is 6.33. The fraction of sp³-hybridized carbons (Fsp3) is 0.0588. The molecule has 0 radical (unpaired) electrons. The van der Waals surface area contributed by atoms with Crippen LogP contribution >= 0.6 is 0 Å². The van der Waals surface area contributed by atoms with Gasteiger partial charge < -0.3 is 10.4 Å². The molecule has 0 aromatic heterocycles. The number of para-hydroxylation sites is 1. The predicted octanol–water partition coefficient (Wildman–Crippen LogP) is 4.16. The minimum Gasteiger partial charge on any atom is -0.508 e. The highest BCUT2D eigenvalue weighted by Crippen LogP contribution is 2.24. The van der Waals surface area contributed by atoms with Crippen molar-refractivity contribution >= 4 is 16.5 Å². The summed E-state index contributed by atoms with van der Waals surface area (Å²) in [5.74, 6) is 0.329. The van der Waals surface area contributed by atoms with E-state index >= 15 is 0 Å². The Morgan fingerprint density at radius 3 is 2.42 bits per heavy atom. The summed E-state index contributed by atoms with van der Waals surface area (Å²) >= 11 is 0. The van der Waals surface area contributed by atoms with Gasteiger partial charge in [-0.2, -0.15) is 0 Å². The van der Waals surface area contributed by atoms with Gasteiger partial charge in [0.25, 0.3) is 0 Å². The number of phenolic OH excluding ortho intramolecular Hbond substituents is 1. The molecule has 2 N–H and O–H groups in total. The van der Waals surface area contributed by atoms with Crippen molar-refractivity contribution in [1.82, 2.24) is 0 Å². The summed E-state index contributed by atoms with van der Waals surface area (Å²) in [5, 5.41) is 15.6. The van der Waals surface area contributed by atoms with Gasteiger partial charge in [0.05, 0.1) is 0 Å². The van der Waals surface area contributed by atoms with E-state index in [1.807, 2.05) is 36.4 Å². The topological polar surface area (TPSA) is 32.3 Å². The average Bonchev–Trinajstić information content (AvgIpc) is 2.46. The Balaban J connectivity index is 1.88. The van der Waals surface area contributed by atoms with Gasteiger partial charge in [-0.1, -0.05) is 54.6 Å². The van der Waals surface area contributed by atoms with Crippen LogP contribution in [0, 0.1) is 0 Å². The van der Waals surface area contributed by atoms with Gasteiger partial charge in [-0.25, -0.2) is 0 Å². The highest BCUT2D eigenvalue weighted by Gasteiger charge is 2.02. The summed E-state index contributed by atoms with van der Waals surface area (Å²) in [6.45, 7) is 0.612. The maximum absolute atomic E-state index is 9.76. The number of benzene rings is 3. The van der Waals surface area contributed by atoms with Crippen molar-refractivity contribution < 1.29 is 5.11 Å². The second kappa shape index (κ2) is 5.02. The van der Waals surface area contributed by atoms with E-state index in [0.717, 1.165) is 11.3 Å². The lowest BCUT2D eigenvalue weighted by atomic mass is 10.1. The zero-order valence-corrected chi connectivity index (χ0v) is 10.5. The molecule has 0 aliphatic carbocycles. The molecule has 0 aliphatic rings. The van der Waals surface area contributed by atoms with E-state index in [0.29, 0.717) is 12.3 Å². The zero-order valence-electron chi connectivity index (χ0n) is 10.5. The van der Waals surface area contributed by atoms with Crippen LogP contribution in [0.1, 0.15) is 5.56 Å². The normalized spacial score (nSPS) is 10.5. The Bertz CT molecular complexity index is 701. The Morgan fingerprint density at radius 1 is 0.789 bits per heavy atom. The molecule has 0 atom stereocenters. The summed E-state index contributed by atoms with van der Waals surface area (Å²) in [6.07, 6.45) is 0. The summed E-state index contributed by atoms with van der Waals surface area (Å²) in [4.78, 5) is 0. The number of phenols is 1. The van der Waals surface area contributed by atoms with Crippen LogP contribution in [0.25, 0.3) is 10.8 Å². The van der Waals surface area contributed by atoms with Crippen molar-refractivity contribution in [1.29, 1.82) is 0 Å². The van der Waals surface area contributed by atoms with Crippen LogP contribution in [0.5, 0.6) is 5.75 Å². The minimum atomic E-state index is 0.329. The number of fused-ring (bicyclic) bond motifs is 1. The minimum absolute atomic E-state index is 0.329. The van der Waals surface area contributed by atoms with Gasteiger partial charge in [-0.3, -0.25) is 0 Å². The molecule has 0 spiro atoms. The molecule has 2 nitrogen and oxygen atoms in total. The maximum Gasteiger partial charge on any atom is 0.120 e. The van der Waals surface area contributed by atoms with Crippen molar-refractivity contribution in [2.75, 3.05) is 5.32 Å². The van der Waals surface area contributed by atoms with Crippen LogP contribution in [0.4, 0.5) is 5.69 Å². The smallest absolute Gasteiger partial charge is 0.120 e. The molecule has 19 heavy (non-hydrogen) atoms. The molecule has 0 amide bonds. The second-order valence-electron chi connectivity index (χ2n) is 4.51. The van der Waals surface area contributed by atoms with Crippen LogP contribution in [0.2, 0.25) is 0 Å². The first-order valence-corrected chi connectivity index (χ1v) is 6.33.